The van der Waals surface area contributed by atoms with Crippen LogP contribution in [0.4, 0.5) is 5.13 Å². The van der Waals surface area contributed by atoms with E-state index in [0.29, 0.717) is 40.1 Å². The summed E-state index contributed by atoms with van der Waals surface area (Å²) in [6.07, 6.45) is 1.57. The molecule has 1 unspecified atom stereocenters. The number of anilines is 1. The second-order valence-electron chi connectivity index (χ2n) is 9.77. The second kappa shape index (κ2) is 11.7. The van der Waals surface area contributed by atoms with E-state index < -0.39 is 17.7 Å². The number of aromatic nitrogens is 1. The molecule has 1 N–H and O–H groups in total. The molecule has 7 nitrogen and oxygen atoms in total. The average Bonchev–Trinajstić information content (AvgIpc) is 3.63. The summed E-state index contributed by atoms with van der Waals surface area (Å²) in [7, 11) is 0. The molecule has 1 aliphatic heterocycles. The molecule has 1 aliphatic rings. The van der Waals surface area contributed by atoms with Gasteiger partial charge in [-0.05, 0) is 66.6 Å². The Hall–Kier alpha value is -5.21. The second-order valence-corrected chi connectivity index (χ2v) is 10.6. The van der Waals surface area contributed by atoms with Gasteiger partial charge in [0.15, 0.2) is 5.13 Å². The number of ether oxygens (including phenoxy) is 2. The molecule has 5 aromatic rings. The number of hydrogen-bond acceptors (Lipinski definition) is 7. The first kappa shape index (κ1) is 27.0. The van der Waals surface area contributed by atoms with Crippen LogP contribution in [-0.4, -0.2) is 21.8 Å². The summed E-state index contributed by atoms with van der Waals surface area (Å²) in [5.74, 6) is -0.0478. The van der Waals surface area contributed by atoms with Crippen LogP contribution in [0.2, 0.25) is 0 Å². The van der Waals surface area contributed by atoms with Gasteiger partial charge in [0.1, 0.15) is 29.6 Å². The lowest BCUT2D eigenvalue weighted by Crippen LogP contribution is -2.29. The van der Waals surface area contributed by atoms with Gasteiger partial charge in [0.2, 0.25) is 0 Å². The summed E-state index contributed by atoms with van der Waals surface area (Å²) in [5, 5.41) is 13.6. The fourth-order valence-electron chi connectivity index (χ4n) is 4.89. The number of nitrogens with zero attached hydrogens (tertiary/aromatic N) is 2. The molecular weight excluding hydrogens is 548 g/mol. The monoisotopic (exact) mass is 574 g/mol. The number of carbonyl (C=O) groups is 2. The lowest BCUT2D eigenvalue weighted by molar-refractivity contribution is -0.132. The lowest BCUT2D eigenvalue weighted by Gasteiger charge is -2.23. The number of rotatable bonds is 8. The highest BCUT2D eigenvalue weighted by Crippen LogP contribution is 2.43. The van der Waals surface area contributed by atoms with Gasteiger partial charge in [-0.25, -0.2) is 4.98 Å². The largest absolute Gasteiger partial charge is 0.507 e. The van der Waals surface area contributed by atoms with Crippen molar-refractivity contribution in [2.75, 3.05) is 4.90 Å². The number of carbonyl (C=O) groups excluding carboxylic acids is 2. The van der Waals surface area contributed by atoms with Crippen LogP contribution in [0.1, 0.15) is 28.3 Å². The zero-order valence-corrected chi connectivity index (χ0v) is 23.5. The molecular formula is C34H26N2O5S. The van der Waals surface area contributed by atoms with Gasteiger partial charge in [-0.1, -0.05) is 60.2 Å². The fourth-order valence-corrected chi connectivity index (χ4v) is 5.55. The van der Waals surface area contributed by atoms with Crippen molar-refractivity contribution in [3.05, 3.63) is 143 Å². The summed E-state index contributed by atoms with van der Waals surface area (Å²) in [5.41, 5.74) is 3.15. The number of hydrogen-bond donors (Lipinski definition) is 1. The third-order valence-corrected chi connectivity index (χ3v) is 7.61. The van der Waals surface area contributed by atoms with E-state index in [1.807, 2.05) is 55.5 Å². The van der Waals surface area contributed by atoms with Crippen LogP contribution in [0.5, 0.6) is 17.2 Å². The van der Waals surface area contributed by atoms with Crippen LogP contribution < -0.4 is 14.4 Å². The minimum Gasteiger partial charge on any atom is -0.507 e. The molecule has 0 bridgehead atoms. The molecule has 1 atom stereocenters. The van der Waals surface area contributed by atoms with Gasteiger partial charge in [-0.3, -0.25) is 14.5 Å². The number of thiazole rings is 1. The number of aliphatic hydroxyl groups is 1. The van der Waals surface area contributed by atoms with Crippen LogP contribution >= 0.6 is 11.3 Å². The third-order valence-electron chi connectivity index (χ3n) is 6.84. The molecule has 1 saturated heterocycles. The highest BCUT2D eigenvalue weighted by Gasteiger charge is 2.48. The maximum absolute atomic E-state index is 13.5. The number of para-hydroxylation sites is 1. The lowest BCUT2D eigenvalue weighted by atomic mass is 9.95. The van der Waals surface area contributed by atoms with Crippen LogP contribution in [0.3, 0.4) is 0 Å². The van der Waals surface area contributed by atoms with Gasteiger partial charge >= 0.3 is 5.91 Å². The van der Waals surface area contributed by atoms with Crippen LogP contribution in [0.25, 0.3) is 5.76 Å². The van der Waals surface area contributed by atoms with E-state index in [1.165, 1.54) is 16.2 Å². The standard InChI is InChI=1S/C34H26N2O5S/c1-22-7-5-8-23(19-22)21-40-26-15-13-24(14-16-26)31(37)29-30(36(33(39)32(29)38)34-35-17-18-42-34)25-9-6-12-28(20-25)41-27-10-3-2-4-11-27/h2-20,30,37H,21H2,1H3. The molecule has 1 amide bonds. The Balaban J connectivity index is 1.35. The summed E-state index contributed by atoms with van der Waals surface area (Å²) < 4.78 is 11.9. The predicted octanol–water partition coefficient (Wildman–Crippen LogP) is 7.45. The highest BCUT2D eigenvalue weighted by molar-refractivity contribution is 7.14. The number of Topliss-reactive ketones (excluding diaryl/α,β-unsaturated/α-hetero) is 1. The summed E-state index contributed by atoms with van der Waals surface area (Å²) in [4.78, 5) is 32.4. The van der Waals surface area contributed by atoms with Crippen LogP contribution in [0.15, 0.2) is 120 Å². The normalized spacial score (nSPS) is 16.0. The molecule has 42 heavy (non-hydrogen) atoms. The molecule has 8 heteroatoms. The van der Waals surface area contributed by atoms with E-state index in [1.54, 1.807) is 60.1 Å². The molecule has 6 rings (SSSR count). The maximum atomic E-state index is 13.5. The number of aliphatic hydroxyl groups excluding tert-OH is 1. The van der Waals surface area contributed by atoms with E-state index in [-0.39, 0.29) is 11.3 Å². The van der Waals surface area contributed by atoms with Gasteiger partial charge in [0.25, 0.3) is 5.78 Å². The molecule has 1 fully saturated rings. The van der Waals surface area contributed by atoms with Crippen LogP contribution in [0, 0.1) is 6.92 Å². The average molecular weight is 575 g/mol. The zero-order valence-electron chi connectivity index (χ0n) is 22.6. The third kappa shape index (κ3) is 5.53. The zero-order chi connectivity index (χ0) is 29.1. The quantitative estimate of drug-likeness (QED) is 0.118. The van der Waals surface area contributed by atoms with Gasteiger partial charge in [-0.2, -0.15) is 0 Å². The SMILES string of the molecule is Cc1cccc(COc2ccc(C(O)=C3C(=O)C(=O)N(c4nccs4)C3c3cccc(Oc4ccccc4)c3)cc2)c1. The topological polar surface area (TPSA) is 89.0 Å². The van der Waals surface area contributed by atoms with Gasteiger partial charge < -0.3 is 14.6 Å². The van der Waals surface area contributed by atoms with Crippen molar-refractivity contribution in [1.82, 2.24) is 4.98 Å². The minimum absolute atomic E-state index is 0.0273. The first-order valence-corrected chi connectivity index (χ1v) is 14.2. The highest BCUT2D eigenvalue weighted by atomic mass is 32.1. The Morgan fingerprint density at radius 2 is 1.64 bits per heavy atom. The molecule has 4 aromatic carbocycles. The molecule has 1 aromatic heterocycles. The van der Waals surface area contributed by atoms with Crippen molar-refractivity contribution in [2.24, 2.45) is 0 Å². The molecule has 0 aliphatic carbocycles. The molecule has 208 valence electrons. The van der Waals surface area contributed by atoms with Gasteiger partial charge in [0, 0.05) is 17.1 Å². The fraction of sp³-hybridized carbons (Fsp3) is 0.0882. The van der Waals surface area contributed by atoms with Crippen molar-refractivity contribution in [3.8, 4) is 17.2 Å². The van der Waals surface area contributed by atoms with Gasteiger partial charge in [0.05, 0.1) is 11.6 Å². The summed E-state index contributed by atoms with van der Waals surface area (Å²) >= 11 is 1.24. The predicted molar refractivity (Wildman–Crippen MR) is 162 cm³/mol. The van der Waals surface area contributed by atoms with Crippen molar-refractivity contribution < 1.29 is 24.2 Å². The van der Waals surface area contributed by atoms with Crippen molar-refractivity contribution >= 4 is 33.9 Å². The van der Waals surface area contributed by atoms with E-state index in [4.69, 9.17) is 9.47 Å². The smallest absolute Gasteiger partial charge is 0.301 e. The molecule has 2 heterocycles. The van der Waals surface area contributed by atoms with Crippen LogP contribution in [-0.2, 0) is 16.2 Å². The Morgan fingerprint density at radius 1 is 0.881 bits per heavy atom. The maximum Gasteiger partial charge on any atom is 0.301 e. The van der Waals surface area contributed by atoms with Crippen molar-refractivity contribution in [1.29, 1.82) is 0 Å². The number of amides is 1. The summed E-state index contributed by atoms with van der Waals surface area (Å²) in [6, 6.07) is 30.4. The molecule has 0 radical (unpaired) electrons. The van der Waals surface area contributed by atoms with Crippen molar-refractivity contribution in [2.45, 2.75) is 19.6 Å². The van der Waals surface area contributed by atoms with E-state index >= 15 is 0 Å². The number of aryl methyl sites for hydroxylation is 1. The Labute approximate surface area is 246 Å². The Kier molecular flexibility index (Phi) is 7.53. The van der Waals surface area contributed by atoms with Gasteiger partial charge in [-0.15, -0.1) is 11.3 Å². The first-order chi connectivity index (χ1) is 20.5. The van der Waals surface area contributed by atoms with Crippen molar-refractivity contribution in [3.63, 3.8) is 0 Å². The minimum atomic E-state index is -0.910. The summed E-state index contributed by atoms with van der Waals surface area (Å²) in [6.45, 7) is 2.42. The van der Waals surface area contributed by atoms with E-state index in [0.717, 1.165) is 11.1 Å². The Bertz CT molecular complexity index is 1770. The molecule has 0 spiro atoms. The Morgan fingerprint density at radius 3 is 2.38 bits per heavy atom. The first-order valence-electron chi connectivity index (χ1n) is 13.3. The molecule has 0 saturated carbocycles. The number of benzene rings is 4. The number of ketones is 1. The van der Waals surface area contributed by atoms with E-state index in [9.17, 15) is 14.7 Å². The van der Waals surface area contributed by atoms with E-state index in [2.05, 4.69) is 11.1 Å².